The van der Waals surface area contributed by atoms with Crippen molar-refractivity contribution in [3.8, 4) is 0 Å². The summed E-state index contributed by atoms with van der Waals surface area (Å²) in [6.07, 6.45) is 1.05. The second kappa shape index (κ2) is 8.90. The van der Waals surface area contributed by atoms with Crippen LogP contribution >= 0.6 is 15.9 Å². The topological polar surface area (TPSA) is 82.7 Å². The Bertz CT molecular complexity index is 821. The fraction of sp³-hybridized carbons (Fsp3) is 0.300. The molecule has 1 aliphatic rings. The Labute approximate surface area is 168 Å². The Morgan fingerprint density at radius 1 is 1.26 bits per heavy atom. The first kappa shape index (κ1) is 19.2. The Balaban J connectivity index is 1.52. The predicted molar refractivity (Wildman–Crippen MR) is 113 cm³/mol. The minimum Gasteiger partial charge on any atom is -0.368 e. The minimum absolute atomic E-state index is 0.334. The van der Waals surface area contributed by atoms with Crippen molar-refractivity contribution in [1.82, 2.24) is 10.6 Å². The van der Waals surface area contributed by atoms with Crippen LogP contribution < -0.4 is 21.3 Å². The molecule has 1 aliphatic heterocycles. The van der Waals surface area contributed by atoms with Gasteiger partial charge < -0.3 is 21.3 Å². The average molecular weight is 430 g/mol. The summed E-state index contributed by atoms with van der Waals surface area (Å²) in [7, 11) is 1.77. The van der Waals surface area contributed by atoms with Crippen LogP contribution in [0.1, 0.15) is 22.3 Å². The number of hydrogen-bond acceptors (Lipinski definition) is 3. The summed E-state index contributed by atoms with van der Waals surface area (Å²) in [6, 6.07) is 15.9. The van der Waals surface area contributed by atoms with Crippen molar-refractivity contribution in [3.05, 3.63) is 64.1 Å². The molecule has 1 heterocycles. The molecule has 142 valence electrons. The van der Waals surface area contributed by atoms with Gasteiger partial charge >= 0.3 is 0 Å². The zero-order chi connectivity index (χ0) is 19.2. The molecule has 0 bridgehead atoms. The number of carbonyl (C=O) groups is 1. The zero-order valence-electron chi connectivity index (χ0n) is 15.3. The van der Waals surface area contributed by atoms with Crippen molar-refractivity contribution in [2.75, 3.05) is 25.0 Å². The van der Waals surface area contributed by atoms with Crippen LogP contribution in [0.5, 0.6) is 0 Å². The number of rotatable bonds is 5. The predicted octanol–water partition coefficient (Wildman–Crippen LogP) is 2.49. The summed E-state index contributed by atoms with van der Waals surface area (Å²) >= 11 is 3.63. The smallest absolute Gasteiger partial charge is 0.248 e. The molecule has 0 radical (unpaired) electrons. The molecular weight excluding hydrogens is 406 g/mol. The van der Waals surface area contributed by atoms with Gasteiger partial charge in [0.05, 0.1) is 5.69 Å². The van der Waals surface area contributed by atoms with Gasteiger partial charge in [-0.15, -0.1) is 0 Å². The van der Waals surface area contributed by atoms with E-state index in [1.807, 2.05) is 18.2 Å². The Kier molecular flexibility index (Phi) is 6.34. The van der Waals surface area contributed by atoms with Crippen LogP contribution in [0.15, 0.2) is 58.0 Å². The summed E-state index contributed by atoms with van der Waals surface area (Å²) in [5.41, 5.74) is 8.07. The number of aliphatic imine (C=N–C) groups is 1. The van der Waals surface area contributed by atoms with E-state index in [-0.39, 0.29) is 0 Å². The number of nitrogens with two attached hydrogens (primary N) is 1. The number of nitrogens with zero attached hydrogens (tertiary/aromatic N) is 2. The number of halogens is 1. The van der Waals surface area contributed by atoms with Gasteiger partial charge in [0, 0.05) is 42.8 Å². The molecule has 4 N–H and O–H groups in total. The first-order chi connectivity index (χ1) is 13.1. The molecule has 2 aromatic rings. The van der Waals surface area contributed by atoms with E-state index < -0.39 is 5.91 Å². The van der Waals surface area contributed by atoms with Gasteiger partial charge in [0.25, 0.3) is 0 Å². The highest BCUT2D eigenvalue weighted by Gasteiger charge is 2.24. The van der Waals surface area contributed by atoms with Crippen molar-refractivity contribution in [2.45, 2.75) is 19.0 Å². The lowest BCUT2D eigenvalue weighted by Crippen LogP contribution is -2.44. The van der Waals surface area contributed by atoms with E-state index in [4.69, 9.17) is 5.73 Å². The first-order valence-corrected chi connectivity index (χ1v) is 9.71. The van der Waals surface area contributed by atoms with Crippen LogP contribution in [0.4, 0.5) is 5.69 Å². The lowest BCUT2D eigenvalue weighted by molar-refractivity contribution is 0.100. The van der Waals surface area contributed by atoms with Crippen molar-refractivity contribution < 1.29 is 4.79 Å². The minimum atomic E-state index is -0.414. The molecule has 2 aromatic carbocycles. The lowest BCUT2D eigenvalue weighted by Gasteiger charge is -2.21. The SMILES string of the molecule is CN=C(NCc1ccc(C(N)=O)cc1)NC1CCN(c2ccccc2Br)C1. The number of anilines is 1. The maximum absolute atomic E-state index is 11.1. The fourth-order valence-electron chi connectivity index (χ4n) is 3.17. The fourth-order valence-corrected chi connectivity index (χ4v) is 3.70. The van der Waals surface area contributed by atoms with E-state index in [0.717, 1.165) is 35.5 Å². The van der Waals surface area contributed by atoms with Gasteiger partial charge in [0.15, 0.2) is 5.96 Å². The quantitative estimate of drug-likeness (QED) is 0.503. The van der Waals surface area contributed by atoms with Gasteiger partial charge in [0.2, 0.25) is 5.91 Å². The summed E-state index contributed by atoms with van der Waals surface area (Å²) in [5.74, 6) is 0.357. The molecule has 7 heteroatoms. The molecule has 1 atom stereocenters. The summed E-state index contributed by atoms with van der Waals surface area (Å²) in [4.78, 5) is 17.8. The van der Waals surface area contributed by atoms with Crippen LogP contribution in [-0.4, -0.2) is 38.0 Å². The van der Waals surface area contributed by atoms with Crippen molar-refractivity contribution >= 4 is 33.5 Å². The molecule has 0 saturated carbocycles. The van der Waals surface area contributed by atoms with E-state index in [1.54, 1.807) is 19.2 Å². The number of para-hydroxylation sites is 1. The van der Waals surface area contributed by atoms with E-state index in [2.05, 4.69) is 54.7 Å². The molecule has 1 amide bonds. The largest absolute Gasteiger partial charge is 0.368 e. The summed E-state index contributed by atoms with van der Waals surface area (Å²) < 4.78 is 1.12. The molecule has 1 fully saturated rings. The number of amides is 1. The van der Waals surface area contributed by atoms with E-state index in [1.165, 1.54) is 5.69 Å². The van der Waals surface area contributed by atoms with Crippen molar-refractivity contribution in [1.29, 1.82) is 0 Å². The van der Waals surface area contributed by atoms with Crippen LogP contribution in [0, 0.1) is 0 Å². The number of nitrogens with one attached hydrogen (secondary N) is 2. The highest BCUT2D eigenvalue weighted by atomic mass is 79.9. The van der Waals surface area contributed by atoms with Gasteiger partial charge in [-0.05, 0) is 52.2 Å². The third-order valence-corrected chi connectivity index (χ3v) is 5.31. The monoisotopic (exact) mass is 429 g/mol. The van der Waals surface area contributed by atoms with E-state index in [0.29, 0.717) is 18.2 Å². The van der Waals surface area contributed by atoms with Gasteiger partial charge in [-0.25, -0.2) is 0 Å². The van der Waals surface area contributed by atoms with Crippen LogP contribution in [0.2, 0.25) is 0 Å². The third kappa shape index (κ3) is 5.01. The zero-order valence-corrected chi connectivity index (χ0v) is 16.9. The molecule has 1 unspecified atom stereocenters. The number of carbonyl (C=O) groups excluding carboxylic acids is 1. The standard InChI is InChI=1S/C20H24BrN5O/c1-23-20(24-12-14-6-8-15(9-7-14)19(22)27)25-16-10-11-26(13-16)18-5-3-2-4-17(18)21/h2-9,16H,10-13H2,1H3,(H2,22,27)(H2,23,24,25). The first-order valence-electron chi connectivity index (χ1n) is 8.92. The Morgan fingerprint density at radius 3 is 2.67 bits per heavy atom. The molecule has 0 aromatic heterocycles. The third-order valence-electron chi connectivity index (χ3n) is 4.64. The molecule has 27 heavy (non-hydrogen) atoms. The highest BCUT2D eigenvalue weighted by molar-refractivity contribution is 9.10. The Hall–Kier alpha value is -2.54. The molecule has 6 nitrogen and oxygen atoms in total. The molecule has 0 spiro atoms. The highest BCUT2D eigenvalue weighted by Crippen LogP contribution is 2.28. The maximum Gasteiger partial charge on any atom is 0.248 e. The van der Waals surface area contributed by atoms with E-state index in [9.17, 15) is 4.79 Å². The van der Waals surface area contributed by atoms with Crippen molar-refractivity contribution in [3.63, 3.8) is 0 Å². The second-order valence-electron chi connectivity index (χ2n) is 6.51. The molecule has 0 aliphatic carbocycles. The average Bonchev–Trinajstić information content (AvgIpc) is 3.14. The molecule has 3 rings (SSSR count). The van der Waals surface area contributed by atoms with Crippen molar-refractivity contribution in [2.24, 2.45) is 10.7 Å². The van der Waals surface area contributed by atoms with Crippen LogP contribution in [0.3, 0.4) is 0 Å². The van der Waals surface area contributed by atoms with Gasteiger partial charge in [-0.3, -0.25) is 9.79 Å². The number of guanidine groups is 1. The van der Waals surface area contributed by atoms with E-state index >= 15 is 0 Å². The summed E-state index contributed by atoms with van der Waals surface area (Å²) in [6.45, 7) is 2.56. The normalized spacial score (nSPS) is 17.0. The Morgan fingerprint density at radius 2 is 2.00 bits per heavy atom. The molecular formula is C20H24BrN5O. The lowest BCUT2D eigenvalue weighted by atomic mass is 10.1. The maximum atomic E-state index is 11.1. The van der Waals surface area contributed by atoms with Gasteiger partial charge in [-0.2, -0.15) is 0 Å². The molecule has 1 saturated heterocycles. The second-order valence-corrected chi connectivity index (χ2v) is 7.37. The van der Waals surface area contributed by atoms with Crippen LogP contribution in [-0.2, 0) is 6.54 Å². The number of primary amides is 1. The van der Waals surface area contributed by atoms with Gasteiger partial charge in [-0.1, -0.05) is 24.3 Å². The number of hydrogen-bond donors (Lipinski definition) is 3. The number of benzene rings is 2. The van der Waals surface area contributed by atoms with Gasteiger partial charge in [0.1, 0.15) is 0 Å². The van der Waals surface area contributed by atoms with Crippen LogP contribution in [0.25, 0.3) is 0 Å². The summed E-state index contributed by atoms with van der Waals surface area (Å²) in [5, 5.41) is 6.81.